The van der Waals surface area contributed by atoms with E-state index in [4.69, 9.17) is 21.7 Å². The number of hydrazine groups is 1. The van der Waals surface area contributed by atoms with Crippen LogP contribution in [0.3, 0.4) is 0 Å². The summed E-state index contributed by atoms with van der Waals surface area (Å²) in [6.45, 7) is 3.56. The van der Waals surface area contributed by atoms with Crippen LogP contribution in [0, 0.1) is 0 Å². The number of ether oxygens (including phenoxy) is 2. The fraction of sp³-hybridized carbons (Fsp3) is 0.304. The minimum Gasteiger partial charge on any atom is -0.490 e. The quantitative estimate of drug-likeness (QED) is 0.224. The zero-order valence-electron chi connectivity index (χ0n) is 18.4. The van der Waals surface area contributed by atoms with Crippen molar-refractivity contribution in [2.24, 2.45) is 0 Å². The third kappa shape index (κ3) is 10.1. The van der Waals surface area contributed by atoms with Crippen molar-refractivity contribution in [1.82, 2.24) is 21.5 Å². The molecule has 0 unspecified atom stereocenters. The maximum atomic E-state index is 12.5. The molecule has 0 saturated heterocycles. The zero-order valence-corrected chi connectivity index (χ0v) is 19.2. The lowest BCUT2D eigenvalue weighted by Gasteiger charge is -2.13. The Morgan fingerprint density at radius 2 is 1.58 bits per heavy atom. The van der Waals surface area contributed by atoms with Gasteiger partial charge >= 0.3 is 0 Å². The molecule has 0 atom stereocenters. The van der Waals surface area contributed by atoms with E-state index < -0.39 is 11.8 Å². The molecule has 0 heterocycles. The molecule has 176 valence electrons. The average Bonchev–Trinajstić information content (AvgIpc) is 2.83. The number of hydrogen-bond donors (Lipinski definition) is 4. The Balaban J connectivity index is 1.69. The maximum Gasteiger partial charge on any atom is 0.261 e. The Kier molecular flexibility index (Phi) is 11.3. The van der Waals surface area contributed by atoms with Gasteiger partial charge in [-0.3, -0.25) is 30.6 Å². The molecule has 4 N–H and O–H groups in total. The molecule has 0 aliphatic heterocycles. The van der Waals surface area contributed by atoms with Crippen molar-refractivity contribution in [3.05, 3.63) is 65.7 Å². The van der Waals surface area contributed by atoms with E-state index >= 15 is 0 Å². The molecule has 0 saturated carbocycles. The summed E-state index contributed by atoms with van der Waals surface area (Å²) in [6.07, 6.45) is -0.0212. The second-order valence-corrected chi connectivity index (χ2v) is 7.17. The predicted molar refractivity (Wildman–Crippen MR) is 127 cm³/mol. The molecule has 0 radical (unpaired) electrons. The van der Waals surface area contributed by atoms with Crippen molar-refractivity contribution in [3.8, 4) is 5.75 Å². The van der Waals surface area contributed by atoms with Crippen LogP contribution in [-0.4, -0.2) is 42.7 Å². The second kappa shape index (κ2) is 14.5. The number of amides is 3. The molecular formula is C23H28N4O5S. The van der Waals surface area contributed by atoms with Gasteiger partial charge in [-0.2, -0.15) is 0 Å². The summed E-state index contributed by atoms with van der Waals surface area (Å²) in [5.74, 6) is -0.788. The lowest BCUT2D eigenvalue weighted by atomic mass is 10.2. The van der Waals surface area contributed by atoms with Gasteiger partial charge in [0.05, 0.1) is 12.2 Å². The summed E-state index contributed by atoms with van der Waals surface area (Å²) in [5, 5.41) is 5.13. The molecule has 3 amide bonds. The Morgan fingerprint density at radius 3 is 2.33 bits per heavy atom. The summed E-state index contributed by atoms with van der Waals surface area (Å²) >= 11 is 5.05. The van der Waals surface area contributed by atoms with Crippen molar-refractivity contribution < 1.29 is 23.9 Å². The normalized spacial score (nSPS) is 10.1. The predicted octanol–water partition coefficient (Wildman–Crippen LogP) is 1.83. The lowest BCUT2D eigenvalue weighted by molar-refractivity contribution is -0.126. The highest BCUT2D eigenvalue weighted by atomic mass is 32.1. The van der Waals surface area contributed by atoms with Crippen molar-refractivity contribution in [1.29, 1.82) is 0 Å². The van der Waals surface area contributed by atoms with Crippen LogP contribution < -0.4 is 26.2 Å². The van der Waals surface area contributed by atoms with Crippen molar-refractivity contribution in [2.45, 2.75) is 26.3 Å². The van der Waals surface area contributed by atoms with Crippen LogP contribution in [-0.2, 0) is 20.9 Å². The molecule has 10 heteroatoms. The molecule has 0 aliphatic rings. The molecule has 0 bridgehead atoms. The Morgan fingerprint density at radius 1 is 0.879 bits per heavy atom. The fourth-order valence-corrected chi connectivity index (χ4v) is 2.78. The van der Waals surface area contributed by atoms with E-state index in [1.54, 1.807) is 24.3 Å². The monoisotopic (exact) mass is 472 g/mol. The number of rotatable bonds is 11. The first-order valence-electron chi connectivity index (χ1n) is 10.5. The van der Waals surface area contributed by atoms with Crippen LogP contribution >= 0.6 is 12.2 Å². The topological polar surface area (TPSA) is 118 Å². The molecule has 9 nitrogen and oxygen atoms in total. The van der Waals surface area contributed by atoms with Crippen LogP contribution in [0.25, 0.3) is 0 Å². The average molecular weight is 473 g/mol. The van der Waals surface area contributed by atoms with Gasteiger partial charge in [0.25, 0.3) is 5.91 Å². The Hall–Kier alpha value is -3.50. The van der Waals surface area contributed by atoms with E-state index in [1.807, 2.05) is 37.3 Å². The van der Waals surface area contributed by atoms with E-state index in [1.165, 1.54) is 0 Å². The van der Waals surface area contributed by atoms with Gasteiger partial charge < -0.3 is 14.8 Å². The van der Waals surface area contributed by atoms with E-state index in [0.29, 0.717) is 37.7 Å². The number of para-hydroxylation sites is 1. The van der Waals surface area contributed by atoms with Crippen LogP contribution in [0.4, 0.5) is 0 Å². The summed E-state index contributed by atoms with van der Waals surface area (Å²) in [7, 11) is 0. The second-order valence-electron chi connectivity index (χ2n) is 6.76. The Labute approximate surface area is 198 Å². The minimum absolute atomic E-state index is 0.0198. The number of benzene rings is 2. The lowest BCUT2D eigenvalue weighted by Crippen LogP contribution is -2.48. The molecule has 0 aromatic heterocycles. The highest BCUT2D eigenvalue weighted by Gasteiger charge is 2.14. The number of carbonyl (C=O) groups is 3. The van der Waals surface area contributed by atoms with Gasteiger partial charge in [0.15, 0.2) is 5.11 Å². The molecule has 2 aromatic carbocycles. The number of thiocarbonyl (C=S) groups is 1. The van der Waals surface area contributed by atoms with Crippen molar-refractivity contribution >= 4 is 35.1 Å². The molecule has 2 aromatic rings. The first-order chi connectivity index (χ1) is 16.0. The van der Waals surface area contributed by atoms with Gasteiger partial charge in [-0.1, -0.05) is 42.5 Å². The summed E-state index contributed by atoms with van der Waals surface area (Å²) in [6, 6.07) is 16.2. The molecule has 33 heavy (non-hydrogen) atoms. The SMILES string of the molecule is CCOCCOc1ccccc1C(=O)NC(=S)NNC(=O)CCC(=O)NCc1ccccc1. The Bertz CT molecular complexity index is 939. The van der Waals surface area contributed by atoms with Gasteiger partial charge in [-0.15, -0.1) is 0 Å². The van der Waals surface area contributed by atoms with Gasteiger partial charge in [0.1, 0.15) is 12.4 Å². The smallest absolute Gasteiger partial charge is 0.261 e. The van der Waals surface area contributed by atoms with Crippen LogP contribution in [0.2, 0.25) is 0 Å². The summed E-state index contributed by atoms with van der Waals surface area (Å²) in [5.41, 5.74) is 6.07. The number of carbonyl (C=O) groups excluding carboxylic acids is 3. The van der Waals surface area contributed by atoms with E-state index in [-0.39, 0.29) is 23.9 Å². The highest BCUT2D eigenvalue weighted by Crippen LogP contribution is 2.17. The summed E-state index contributed by atoms with van der Waals surface area (Å²) < 4.78 is 10.8. The summed E-state index contributed by atoms with van der Waals surface area (Å²) in [4.78, 5) is 36.3. The van der Waals surface area contributed by atoms with Gasteiger partial charge in [0, 0.05) is 26.0 Å². The largest absolute Gasteiger partial charge is 0.490 e. The third-order valence-electron chi connectivity index (χ3n) is 4.28. The van der Waals surface area contributed by atoms with Crippen LogP contribution in [0.15, 0.2) is 54.6 Å². The van der Waals surface area contributed by atoms with Crippen LogP contribution in [0.1, 0.15) is 35.7 Å². The van der Waals surface area contributed by atoms with E-state index in [0.717, 1.165) is 5.56 Å². The highest BCUT2D eigenvalue weighted by molar-refractivity contribution is 7.80. The standard InChI is InChI=1S/C23H28N4O5S/c1-2-31-14-15-32-19-11-7-6-10-18(19)22(30)25-23(33)27-26-21(29)13-12-20(28)24-16-17-8-4-3-5-9-17/h3-11H,2,12-16H2,1H3,(H,24,28)(H,26,29)(H2,25,27,30,33). The first kappa shape index (κ1) is 25.8. The molecular weight excluding hydrogens is 444 g/mol. The third-order valence-corrected chi connectivity index (χ3v) is 4.48. The number of nitrogens with one attached hydrogen (secondary N) is 4. The van der Waals surface area contributed by atoms with Crippen LogP contribution in [0.5, 0.6) is 5.75 Å². The minimum atomic E-state index is -0.492. The van der Waals surface area contributed by atoms with E-state index in [9.17, 15) is 14.4 Å². The van der Waals surface area contributed by atoms with Crippen molar-refractivity contribution in [3.63, 3.8) is 0 Å². The number of hydrogen-bond acceptors (Lipinski definition) is 6. The van der Waals surface area contributed by atoms with E-state index in [2.05, 4.69) is 21.5 Å². The molecule has 0 fully saturated rings. The molecule has 0 spiro atoms. The van der Waals surface area contributed by atoms with Gasteiger partial charge in [-0.05, 0) is 36.8 Å². The maximum absolute atomic E-state index is 12.5. The zero-order chi connectivity index (χ0) is 23.9. The molecule has 2 rings (SSSR count). The molecule has 0 aliphatic carbocycles. The van der Waals surface area contributed by atoms with Crippen molar-refractivity contribution in [2.75, 3.05) is 19.8 Å². The fourth-order valence-electron chi connectivity index (χ4n) is 2.64. The van der Waals surface area contributed by atoms with Gasteiger partial charge in [0.2, 0.25) is 11.8 Å². The van der Waals surface area contributed by atoms with Gasteiger partial charge in [-0.25, -0.2) is 0 Å². The first-order valence-corrected chi connectivity index (χ1v) is 10.9.